The van der Waals surface area contributed by atoms with Crippen LogP contribution in [-0.2, 0) is 19.9 Å². The molecule has 0 heterocycles. The maximum atomic E-state index is 13.2. The van der Waals surface area contributed by atoms with Gasteiger partial charge in [0.1, 0.15) is 0 Å². The highest BCUT2D eigenvalue weighted by Crippen LogP contribution is 2.40. The van der Waals surface area contributed by atoms with E-state index in [1.807, 2.05) is 6.92 Å². The van der Waals surface area contributed by atoms with E-state index in [-0.39, 0.29) is 5.91 Å². The number of hydrogen-bond donors (Lipinski definition) is 1. The number of methoxy groups -OCH3 is 1. The molecular formula is C16H20F3NO4. The normalized spacial score (nSPS) is 14.0. The second kappa shape index (κ2) is 7.65. The summed E-state index contributed by atoms with van der Waals surface area (Å²) in [5, 5.41) is 9.89. The van der Waals surface area contributed by atoms with Crippen LogP contribution in [0.25, 0.3) is 0 Å². The molecule has 0 spiro atoms. The summed E-state index contributed by atoms with van der Waals surface area (Å²) in [5.41, 5.74) is -4.05. The SMILES string of the molecule is CCCCN(C(C)=O)c1ccc([C@](O)(C(=O)OC)C(F)(F)F)cc1. The molecule has 1 aromatic rings. The Labute approximate surface area is 138 Å². The Bertz CT molecular complexity index is 586. The number of alkyl halides is 3. The lowest BCUT2D eigenvalue weighted by Crippen LogP contribution is -2.49. The highest BCUT2D eigenvalue weighted by Gasteiger charge is 2.62. The summed E-state index contributed by atoms with van der Waals surface area (Å²) in [4.78, 5) is 24.6. The molecule has 1 amide bonds. The lowest BCUT2D eigenvalue weighted by Gasteiger charge is -2.28. The second-order valence-corrected chi connectivity index (χ2v) is 5.27. The quantitative estimate of drug-likeness (QED) is 0.804. The van der Waals surface area contributed by atoms with Crippen molar-refractivity contribution in [1.82, 2.24) is 0 Å². The third-order valence-electron chi connectivity index (χ3n) is 3.60. The molecule has 134 valence electrons. The first kappa shape index (κ1) is 20.0. The van der Waals surface area contributed by atoms with Gasteiger partial charge in [-0.3, -0.25) is 4.79 Å². The van der Waals surface area contributed by atoms with E-state index in [0.29, 0.717) is 12.2 Å². The van der Waals surface area contributed by atoms with E-state index < -0.39 is 23.3 Å². The van der Waals surface area contributed by atoms with Crippen LogP contribution in [0.4, 0.5) is 18.9 Å². The molecular weight excluding hydrogens is 327 g/mol. The van der Waals surface area contributed by atoms with Crippen LogP contribution in [0, 0.1) is 0 Å². The number of amides is 1. The number of hydrogen-bond acceptors (Lipinski definition) is 4. The first-order chi connectivity index (χ1) is 11.1. The summed E-state index contributed by atoms with van der Waals surface area (Å²) in [6, 6.07) is 4.43. The van der Waals surface area contributed by atoms with E-state index in [9.17, 15) is 27.9 Å². The average molecular weight is 347 g/mol. The van der Waals surface area contributed by atoms with Gasteiger partial charge in [0.25, 0.3) is 5.60 Å². The smallest absolute Gasteiger partial charge is 0.432 e. The van der Waals surface area contributed by atoms with Gasteiger partial charge >= 0.3 is 12.1 Å². The van der Waals surface area contributed by atoms with Crippen LogP contribution in [0.1, 0.15) is 32.3 Å². The summed E-state index contributed by atoms with van der Waals surface area (Å²) < 4.78 is 43.6. The van der Waals surface area contributed by atoms with Crippen molar-refractivity contribution in [1.29, 1.82) is 0 Å². The maximum absolute atomic E-state index is 13.2. The summed E-state index contributed by atoms with van der Waals surface area (Å²) in [6.45, 7) is 3.72. The molecule has 5 nitrogen and oxygen atoms in total. The number of nitrogens with zero attached hydrogens (tertiary/aromatic N) is 1. The Balaban J connectivity index is 3.24. The standard InChI is InChI=1S/C16H20F3NO4/c1-4-5-10-20(11(2)21)13-8-6-12(7-9-13)15(23,14(22)24-3)16(17,18)19/h6-9,23H,4-5,10H2,1-3H3/t15-/m0/s1. The molecule has 1 rings (SSSR count). The zero-order valence-corrected chi connectivity index (χ0v) is 13.7. The fraction of sp³-hybridized carbons (Fsp3) is 0.500. The van der Waals surface area contributed by atoms with Crippen LogP contribution in [-0.4, -0.2) is 36.8 Å². The molecule has 0 fully saturated rings. The third-order valence-corrected chi connectivity index (χ3v) is 3.60. The van der Waals surface area contributed by atoms with Gasteiger partial charge in [-0.1, -0.05) is 25.5 Å². The molecule has 1 N–H and O–H groups in total. The minimum atomic E-state index is -5.25. The maximum Gasteiger partial charge on any atom is 0.432 e. The number of rotatable bonds is 6. The molecule has 0 saturated heterocycles. The van der Waals surface area contributed by atoms with Crippen molar-refractivity contribution in [3.05, 3.63) is 29.8 Å². The fourth-order valence-corrected chi connectivity index (χ4v) is 2.21. The van der Waals surface area contributed by atoms with E-state index in [1.165, 1.54) is 24.0 Å². The molecule has 0 aromatic heterocycles. The predicted octanol–water partition coefficient (Wildman–Crippen LogP) is 2.76. The molecule has 8 heteroatoms. The number of anilines is 1. The molecule has 0 bridgehead atoms. The number of halogens is 3. The number of aliphatic hydroxyl groups is 1. The predicted molar refractivity (Wildman–Crippen MR) is 81.3 cm³/mol. The van der Waals surface area contributed by atoms with Crippen molar-refractivity contribution in [2.24, 2.45) is 0 Å². The van der Waals surface area contributed by atoms with Crippen molar-refractivity contribution in [3.63, 3.8) is 0 Å². The zero-order chi connectivity index (χ0) is 18.5. The van der Waals surface area contributed by atoms with Crippen molar-refractivity contribution >= 4 is 17.6 Å². The van der Waals surface area contributed by atoms with Crippen LogP contribution in [0.3, 0.4) is 0 Å². The summed E-state index contributed by atoms with van der Waals surface area (Å²) in [7, 11) is 0.760. The first-order valence-electron chi connectivity index (χ1n) is 7.35. The minimum Gasteiger partial charge on any atom is -0.466 e. The minimum absolute atomic E-state index is 0.254. The molecule has 0 aliphatic rings. The molecule has 0 unspecified atom stereocenters. The Morgan fingerprint density at radius 2 is 1.75 bits per heavy atom. The Kier molecular flexibility index (Phi) is 6.36. The van der Waals surface area contributed by atoms with Gasteiger partial charge in [0.15, 0.2) is 0 Å². The topological polar surface area (TPSA) is 66.8 Å². The van der Waals surface area contributed by atoms with E-state index in [4.69, 9.17) is 0 Å². The lowest BCUT2D eigenvalue weighted by molar-refractivity contribution is -0.266. The molecule has 0 radical (unpaired) electrons. The molecule has 24 heavy (non-hydrogen) atoms. The number of ether oxygens (including phenoxy) is 1. The van der Waals surface area contributed by atoms with Crippen molar-refractivity contribution in [2.75, 3.05) is 18.6 Å². The number of unbranched alkanes of at least 4 members (excludes halogenated alkanes) is 1. The highest BCUT2D eigenvalue weighted by molar-refractivity contribution is 5.91. The zero-order valence-electron chi connectivity index (χ0n) is 13.7. The number of esters is 1. The van der Waals surface area contributed by atoms with Gasteiger partial charge < -0.3 is 14.7 Å². The second-order valence-electron chi connectivity index (χ2n) is 5.27. The van der Waals surface area contributed by atoms with Gasteiger partial charge in [0.2, 0.25) is 5.91 Å². The Morgan fingerprint density at radius 1 is 1.21 bits per heavy atom. The van der Waals surface area contributed by atoms with Crippen LogP contribution in [0.2, 0.25) is 0 Å². The van der Waals surface area contributed by atoms with E-state index in [0.717, 1.165) is 32.1 Å². The Hall–Kier alpha value is -2.09. The Morgan fingerprint density at radius 3 is 2.12 bits per heavy atom. The van der Waals surface area contributed by atoms with E-state index in [2.05, 4.69) is 4.74 Å². The lowest BCUT2D eigenvalue weighted by atomic mass is 9.93. The average Bonchev–Trinajstić information content (AvgIpc) is 2.52. The van der Waals surface area contributed by atoms with Gasteiger partial charge in [-0.2, -0.15) is 13.2 Å². The van der Waals surface area contributed by atoms with Gasteiger partial charge in [-0.15, -0.1) is 0 Å². The largest absolute Gasteiger partial charge is 0.466 e. The number of benzene rings is 1. The highest BCUT2D eigenvalue weighted by atomic mass is 19.4. The first-order valence-corrected chi connectivity index (χ1v) is 7.35. The van der Waals surface area contributed by atoms with Gasteiger partial charge in [0, 0.05) is 24.7 Å². The number of carbonyl (C=O) groups is 2. The van der Waals surface area contributed by atoms with Gasteiger partial charge in [-0.25, -0.2) is 4.79 Å². The molecule has 1 aromatic carbocycles. The van der Waals surface area contributed by atoms with Crippen molar-refractivity contribution in [2.45, 2.75) is 38.5 Å². The van der Waals surface area contributed by atoms with Gasteiger partial charge in [-0.05, 0) is 18.6 Å². The van der Waals surface area contributed by atoms with Crippen LogP contribution in [0.5, 0.6) is 0 Å². The summed E-state index contributed by atoms with van der Waals surface area (Å²) in [6.07, 6.45) is -3.67. The van der Waals surface area contributed by atoms with E-state index >= 15 is 0 Å². The van der Waals surface area contributed by atoms with Crippen LogP contribution < -0.4 is 4.90 Å². The molecule has 0 saturated carbocycles. The van der Waals surface area contributed by atoms with Crippen molar-refractivity contribution in [3.8, 4) is 0 Å². The molecule has 0 aliphatic carbocycles. The van der Waals surface area contributed by atoms with E-state index in [1.54, 1.807) is 0 Å². The monoisotopic (exact) mass is 347 g/mol. The molecule has 1 atom stereocenters. The van der Waals surface area contributed by atoms with Gasteiger partial charge in [0.05, 0.1) is 7.11 Å². The summed E-state index contributed by atoms with van der Waals surface area (Å²) in [5.74, 6) is -2.08. The van der Waals surface area contributed by atoms with Crippen LogP contribution in [0.15, 0.2) is 24.3 Å². The third kappa shape index (κ3) is 3.87. The van der Waals surface area contributed by atoms with Crippen molar-refractivity contribution < 1.29 is 32.6 Å². The summed E-state index contributed by atoms with van der Waals surface area (Å²) >= 11 is 0. The molecule has 0 aliphatic heterocycles. The number of carbonyl (C=O) groups excluding carboxylic acids is 2. The van der Waals surface area contributed by atoms with Crippen LogP contribution >= 0.6 is 0 Å². The fourth-order valence-electron chi connectivity index (χ4n) is 2.21.